The second kappa shape index (κ2) is 4.72. The highest BCUT2D eigenvalue weighted by molar-refractivity contribution is 5.81. The molecule has 2 N–H and O–H groups in total. The van der Waals surface area contributed by atoms with Gasteiger partial charge in [0, 0.05) is 13.0 Å². The van der Waals surface area contributed by atoms with Gasteiger partial charge in [-0.05, 0) is 25.8 Å². The van der Waals surface area contributed by atoms with Crippen LogP contribution in [0.5, 0.6) is 0 Å². The van der Waals surface area contributed by atoms with Gasteiger partial charge in [-0.3, -0.25) is 4.79 Å². The van der Waals surface area contributed by atoms with E-state index in [1.165, 1.54) is 0 Å². The van der Waals surface area contributed by atoms with E-state index in [1.54, 1.807) is 0 Å². The molecule has 0 aromatic heterocycles. The molecular weight excluding hydrogens is 184 g/mol. The molecule has 14 heavy (non-hydrogen) atoms. The molecule has 2 heterocycles. The Morgan fingerprint density at radius 1 is 1.43 bits per heavy atom. The standard InChI is InChI=1S/C9H16N2O3/c12-9(7-4-5-10-7)11-14-8-3-1-2-6-13-8/h7-8,10H,1-6H2,(H,11,12)/t7-,8?/m1/s1. The number of amides is 1. The van der Waals surface area contributed by atoms with Crippen LogP contribution >= 0.6 is 0 Å². The minimum atomic E-state index is -0.257. The summed E-state index contributed by atoms with van der Waals surface area (Å²) in [5.41, 5.74) is 2.43. The molecule has 5 nitrogen and oxygen atoms in total. The molecule has 2 fully saturated rings. The van der Waals surface area contributed by atoms with Crippen molar-refractivity contribution >= 4 is 5.91 Å². The lowest BCUT2D eigenvalue weighted by Crippen LogP contribution is -2.53. The van der Waals surface area contributed by atoms with Crippen LogP contribution in [0, 0.1) is 0 Å². The van der Waals surface area contributed by atoms with Gasteiger partial charge in [0.15, 0.2) is 6.29 Å². The van der Waals surface area contributed by atoms with Gasteiger partial charge < -0.3 is 10.1 Å². The normalized spacial score (nSPS) is 32.0. The average molecular weight is 200 g/mol. The topological polar surface area (TPSA) is 59.6 Å². The lowest BCUT2D eigenvalue weighted by molar-refractivity contribution is -0.201. The largest absolute Gasteiger partial charge is 0.350 e. The highest BCUT2D eigenvalue weighted by Crippen LogP contribution is 2.12. The van der Waals surface area contributed by atoms with Crippen molar-refractivity contribution in [3.63, 3.8) is 0 Å². The van der Waals surface area contributed by atoms with Crippen LogP contribution in [-0.2, 0) is 14.4 Å². The van der Waals surface area contributed by atoms with Crippen molar-refractivity contribution in [1.29, 1.82) is 0 Å². The fraction of sp³-hybridized carbons (Fsp3) is 0.889. The van der Waals surface area contributed by atoms with E-state index >= 15 is 0 Å². The van der Waals surface area contributed by atoms with Gasteiger partial charge in [0.05, 0.1) is 6.04 Å². The van der Waals surface area contributed by atoms with Crippen LogP contribution < -0.4 is 10.8 Å². The van der Waals surface area contributed by atoms with Gasteiger partial charge in [-0.25, -0.2) is 10.3 Å². The van der Waals surface area contributed by atoms with E-state index in [1.807, 2.05) is 0 Å². The zero-order chi connectivity index (χ0) is 9.80. The molecule has 5 heteroatoms. The summed E-state index contributed by atoms with van der Waals surface area (Å²) < 4.78 is 5.30. The number of rotatable bonds is 3. The molecule has 1 unspecified atom stereocenters. The first-order valence-corrected chi connectivity index (χ1v) is 5.17. The zero-order valence-electron chi connectivity index (χ0n) is 8.12. The first kappa shape index (κ1) is 9.89. The van der Waals surface area contributed by atoms with Gasteiger partial charge >= 0.3 is 0 Å². The van der Waals surface area contributed by atoms with Gasteiger partial charge in [-0.15, -0.1) is 0 Å². The third-order valence-corrected chi connectivity index (χ3v) is 2.57. The maximum Gasteiger partial charge on any atom is 0.260 e. The quantitative estimate of drug-likeness (QED) is 0.626. The molecule has 0 aromatic rings. The summed E-state index contributed by atoms with van der Waals surface area (Å²) in [5.74, 6) is -0.0922. The fourth-order valence-electron chi connectivity index (χ4n) is 1.51. The first-order chi connectivity index (χ1) is 6.86. The molecule has 2 atom stereocenters. The molecule has 2 aliphatic rings. The van der Waals surface area contributed by atoms with Crippen molar-refractivity contribution in [2.45, 2.75) is 38.0 Å². The Labute approximate surface area is 83.1 Å². The third-order valence-electron chi connectivity index (χ3n) is 2.57. The molecule has 2 rings (SSSR count). The first-order valence-electron chi connectivity index (χ1n) is 5.17. The highest BCUT2D eigenvalue weighted by Gasteiger charge is 2.25. The Kier molecular flexibility index (Phi) is 3.34. The monoisotopic (exact) mass is 200 g/mol. The summed E-state index contributed by atoms with van der Waals surface area (Å²) in [5, 5.41) is 3.00. The second-order valence-corrected chi connectivity index (χ2v) is 3.68. The van der Waals surface area contributed by atoms with Gasteiger partial charge in [0.2, 0.25) is 0 Å². The summed E-state index contributed by atoms with van der Waals surface area (Å²) in [6.45, 7) is 1.64. The van der Waals surface area contributed by atoms with Crippen molar-refractivity contribution < 1.29 is 14.4 Å². The van der Waals surface area contributed by atoms with Gasteiger partial charge in [0.1, 0.15) is 0 Å². The molecule has 80 valence electrons. The predicted molar refractivity (Wildman–Crippen MR) is 49.2 cm³/mol. The van der Waals surface area contributed by atoms with E-state index in [2.05, 4.69) is 10.8 Å². The molecule has 2 aliphatic heterocycles. The van der Waals surface area contributed by atoms with Crippen molar-refractivity contribution in [2.75, 3.05) is 13.2 Å². The van der Waals surface area contributed by atoms with E-state index in [-0.39, 0.29) is 18.2 Å². The van der Waals surface area contributed by atoms with Crippen LogP contribution in [0.15, 0.2) is 0 Å². The number of carbonyl (C=O) groups excluding carboxylic acids is 1. The summed E-state index contributed by atoms with van der Waals surface area (Å²) >= 11 is 0. The van der Waals surface area contributed by atoms with Gasteiger partial charge in [0.25, 0.3) is 5.91 Å². The molecule has 0 aliphatic carbocycles. The van der Waals surface area contributed by atoms with E-state index in [0.717, 1.165) is 38.8 Å². The minimum Gasteiger partial charge on any atom is -0.350 e. The predicted octanol–water partition coefficient (Wildman–Crippen LogP) is -0.0773. The Hall–Kier alpha value is -0.650. The van der Waals surface area contributed by atoms with Crippen molar-refractivity contribution in [3.05, 3.63) is 0 Å². The van der Waals surface area contributed by atoms with Crippen molar-refractivity contribution in [1.82, 2.24) is 10.8 Å². The van der Waals surface area contributed by atoms with Crippen molar-refractivity contribution in [2.24, 2.45) is 0 Å². The SMILES string of the molecule is O=C(NOC1CCCCO1)[C@H]1CCN1. The smallest absolute Gasteiger partial charge is 0.260 e. The van der Waals surface area contributed by atoms with Gasteiger partial charge in [-0.2, -0.15) is 0 Å². The lowest BCUT2D eigenvalue weighted by Gasteiger charge is -2.28. The third kappa shape index (κ3) is 2.43. The zero-order valence-corrected chi connectivity index (χ0v) is 8.12. The maximum atomic E-state index is 11.3. The fourth-order valence-corrected chi connectivity index (χ4v) is 1.51. The summed E-state index contributed by atoms with van der Waals surface area (Å²) in [6.07, 6.45) is 3.67. The molecule has 0 saturated carbocycles. The number of ether oxygens (including phenoxy) is 1. The summed E-state index contributed by atoms with van der Waals surface area (Å²) in [4.78, 5) is 16.5. The number of carbonyl (C=O) groups is 1. The second-order valence-electron chi connectivity index (χ2n) is 3.68. The molecule has 1 amide bonds. The van der Waals surface area contributed by atoms with E-state index < -0.39 is 0 Å². The number of hydrogen-bond donors (Lipinski definition) is 2. The Balaban J connectivity index is 1.62. The van der Waals surface area contributed by atoms with E-state index in [0.29, 0.717) is 0 Å². The Morgan fingerprint density at radius 2 is 2.29 bits per heavy atom. The van der Waals surface area contributed by atoms with Crippen LogP contribution in [0.1, 0.15) is 25.7 Å². The van der Waals surface area contributed by atoms with Crippen LogP contribution in [0.2, 0.25) is 0 Å². The summed E-state index contributed by atoms with van der Waals surface area (Å²) in [7, 11) is 0. The Bertz CT molecular complexity index is 200. The summed E-state index contributed by atoms with van der Waals surface area (Å²) in [6, 6.07) is -0.0707. The lowest BCUT2D eigenvalue weighted by atomic mass is 10.1. The minimum absolute atomic E-state index is 0.0707. The average Bonchev–Trinajstić information content (AvgIpc) is 2.14. The van der Waals surface area contributed by atoms with Gasteiger partial charge in [-0.1, -0.05) is 0 Å². The molecule has 0 bridgehead atoms. The van der Waals surface area contributed by atoms with Crippen LogP contribution in [0.3, 0.4) is 0 Å². The molecule has 0 aromatic carbocycles. The molecule has 0 spiro atoms. The number of hydrogen-bond acceptors (Lipinski definition) is 4. The molecular formula is C9H16N2O3. The molecule has 0 radical (unpaired) electrons. The Morgan fingerprint density at radius 3 is 2.86 bits per heavy atom. The van der Waals surface area contributed by atoms with Crippen LogP contribution in [-0.4, -0.2) is 31.4 Å². The highest BCUT2D eigenvalue weighted by atomic mass is 16.8. The van der Waals surface area contributed by atoms with E-state index in [4.69, 9.17) is 9.57 Å². The van der Waals surface area contributed by atoms with Crippen LogP contribution in [0.4, 0.5) is 0 Å². The van der Waals surface area contributed by atoms with E-state index in [9.17, 15) is 4.79 Å². The molecule has 2 saturated heterocycles. The maximum absolute atomic E-state index is 11.3. The number of hydroxylamine groups is 1. The van der Waals surface area contributed by atoms with Crippen LogP contribution in [0.25, 0.3) is 0 Å². The van der Waals surface area contributed by atoms with Crippen molar-refractivity contribution in [3.8, 4) is 0 Å². The number of nitrogens with one attached hydrogen (secondary N) is 2.